The van der Waals surface area contributed by atoms with Gasteiger partial charge >= 0.3 is 13.6 Å². The van der Waals surface area contributed by atoms with Crippen molar-refractivity contribution < 1.29 is 27.3 Å². The maximum absolute atomic E-state index is 13.1. The van der Waals surface area contributed by atoms with Gasteiger partial charge in [0.15, 0.2) is 16.6 Å². The second-order valence-corrected chi connectivity index (χ2v) is 19.3. The summed E-state index contributed by atoms with van der Waals surface area (Å²) in [5, 5.41) is 0. The lowest BCUT2D eigenvalue weighted by atomic mass is 10.3. The van der Waals surface area contributed by atoms with Crippen LogP contribution in [0, 0.1) is 0 Å². The molecule has 0 saturated carbocycles. The first-order chi connectivity index (χ1) is 9.57. The first kappa shape index (κ1) is 22.2. The molecule has 0 N–H and O–H groups in total. The molecule has 0 spiro atoms. The Morgan fingerprint density at radius 2 is 1.36 bits per heavy atom. The molecule has 0 aliphatic heterocycles. The summed E-state index contributed by atoms with van der Waals surface area (Å²) in [6, 6.07) is 0. The number of esters is 1. The van der Waals surface area contributed by atoms with Gasteiger partial charge in [0, 0.05) is 6.92 Å². The zero-order valence-electron chi connectivity index (χ0n) is 14.4. The van der Waals surface area contributed by atoms with E-state index in [1.54, 1.807) is 6.92 Å². The Balaban J connectivity index is 5.46. The second kappa shape index (κ2) is 7.85. The van der Waals surface area contributed by atoms with Crippen molar-refractivity contribution in [3.8, 4) is 0 Å². The van der Waals surface area contributed by atoms with Crippen molar-refractivity contribution in [3.63, 3.8) is 0 Å². The molecule has 0 aliphatic carbocycles. The van der Waals surface area contributed by atoms with Gasteiger partial charge in [-0.05, 0) is 46.2 Å². The number of halogens is 1. The van der Waals surface area contributed by atoms with Gasteiger partial charge in [0.2, 0.25) is 0 Å². The van der Waals surface area contributed by atoms with Crippen LogP contribution in [0.25, 0.3) is 0 Å². The summed E-state index contributed by atoms with van der Waals surface area (Å²) in [5.41, 5.74) is -0.703. The molecule has 0 bridgehead atoms. The van der Waals surface area contributed by atoms with Gasteiger partial charge < -0.3 is 13.2 Å². The third-order valence-corrected chi connectivity index (χ3v) is 10.7. The summed E-state index contributed by atoms with van der Waals surface area (Å²) in [4.78, 5) is 22.7. The number of rotatable bonds is 8. The van der Waals surface area contributed by atoms with E-state index in [2.05, 4.69) is 15.9 Å². The van der Waals surface area contributed by atoms with Gasteiger partial charge in [0.1, 0.15) is 10.9 Å². The Hall–Kier alpha value is 0.204. The molecule has 0 aromatic carbocycles. The zero-order valence-corrected chi connectivity index (χ0v) is 18.9. The molecule has 0 saturated heterocycles. The summed E-state index contributed by atoms with van der Waals surface area (Å²) in [5.74, 6) is -0.517. The third-order valence-electron chi connectivity index (χ3n) is 2.06. The fourth-order valence-corrected chi connectivity index (χ4v) is 9.85. The molecule has 6 nitrogen and oxygen atoms in total. The molecule has 0 unspecified atom stereocenters. The van der Waals surface area contributed by atoms with Gasteiger partial charge in [0.25, 0.3) is 5.52 Å². The van der Waals surface area contributed by atoms with Crippen LogP contribution >= 0.6 is 23.5 Å². The minimum Gasteiger partial charge on any atom is -0.461 e. The fourth-order valence-electron chi connectivity index (χ4n) is 1.50. The average Bonchev–Trinajstić information content (AvgIpc) is 2.20. The van der Waals surface area contributed by atoms with Crippen molar-refractivity contribution in [2.24, 2.45) is 0 Å². The lowest BCUT2D eigenvalue weighted by Gasteiger charge is -2.31. The van der Waals surface area contributed by atoms with Crippen molar-refractivity contribution in [3.05, 3.63) is 0 Å². The SMILES string of the molecule is CC(=O)O[C@H](C)[C@H](Br)C(=O)P(=O)(O[Si](C)(C)C)O[Si](C)(C)C. The Kier molecular flexibility index (Phi) is 7.92. The minimum atomic E-state index is -3.96. The van der Waals surface area contributed by atoms with Gasteiger partial charge in [-0.1, -0.05) is 15.9 Å². The normalized spacial score (nSPS) is 16.0. The van der Waals surface area contributed by atoms with Crippen molar-refractivity contribution in [2.75, 3.05) is 0 Å². The summed E-state index contributed by atoms with van der Waals surface area (Å²) < 4.78 is 29.3. The monoisotopic (exact) mass is 432 g/mol. The van der Waals surface area contributed by atoms with Crippen LogP contribution in [-0.4, -0.2) is 39.1 Å². The van der Waals surface area contributed by atoms with Gasteiger partial charge in [-0.2, -0.15) is 0 Å². The van der Waals surface area contributed by atoms with E-state index < -0.39 is 46.7 Å². The molecule has 0 fully saturated rings. The van der Waals surface area contributed by atoms with Crippen molar-refractivity contribution in [1.29, 1.82) is 0 Å². The highest BCUT2D eigenvalue weighted by Crippen LogP contribution is 2.55. The maximum atomic E-state index is 13.1. The lowest BCUT2D eigenvalue weighted by molar-refractivity contribution is -0.145. The van der Waals surface area contributed by atoms with Crippen LogP contribution in [0.5, 0.6) is 0 Å². The van der Waals surface area contributed by atoms with E-state index in [9.17, 15) is 14.2 Å². The van der Waals surface area contributed by atoms with Crippen LogP contribution in [0.4, 0.5) is 0 Å². The Bertz CT molecular complexity index is 451. The second-order valence-electron chi connectivity index (χ2n) is 6.96. The van der Waals surface area contributed by atoms with E-state index in [0.717, 1.165) is 0 Å². The Morgan fingerprint density at radius 1 is 1.00 bits per heavy atom. The molecule has 2 atom stereocenters. The zero-order chi connectivity index (χ0) is 17.9. The topological polar surface area (TPSA) is 78.9 Å². The van der Waals surface area contributed by atoms with Crippen LogP contribution in [0.1, 0.15) is 13.8 Å². The molecule has 0 aromatic rings. The first-order valence-corrected chi connectivity index (χ1v) is 16.2. The van der Waals surface area contributed by atoms with Crippen LogP contribution < -0.4 is 0 Å². The van der Waals surface area contributed by atoms with E-state index in [4.69, 9.17) is 13.2 Å². The number of carbonyl (C=O) groups is 2. The van der Waals surface area contributed by atoms with Crippen molar-refractivity contribution in [1.82, 2.24) is 0 Å². The molecule has 0 aliphatic rings. The number of hydrogen-bond donors (Lipinski definition) is 0. The molecule has 0 aromatic heterocycles. The first-order valence-electron chi connectivity index (χ1n) is 6.95. The van der Waals surface area contributed by atoms with Crippen LogP contribution in [-0.2, 0) is 27.3 Å². The summed E-state index contributed by atoms with van der Waals surface area (Å²) in [7, 11) is -8.53. The standard InChI is InChI=1S/C12H26BrO6PSi2/c1-9(17-10(2)14)11(13)12(15)20(16,18-21(3,4)5)19-22(6,7)8/h9,11H,1-8H3/t9-,11+/m1/s1. The van der Waals surface area contributed by atoms with E-state index in [0.29, 0.717) is 0 Å². The van der Waals surface area contributed by atoms with E-state index in [1.165, 1.54) is 6.92 Å². The predicted molar refractivity (Wildman–Crippen MR) is 95.4 cm³/mol. The number of carbonyl (C=O) groups excluding carboxylic acids is 2. The minimum absolute atomic E-state index is 0.517. The molecule has 0 heterocycles. The van der Waals surface area contributed by atoms with Gasteiger partial charge in [-0.25, -0.2) is 0 Å². The summed E-state index contributed by atoms with van der Waals surface area (Å²) in [6.45, 7) is 13.8. The molecule has 0 radical (unpaired) electrons. The molecule has 130 valence electrons. The third kappa shape index (κ3) is 8.17. The van der Waals surface area contributed by atoms with E-state index in [1.807, 2.05) is 39.3 Å². The average molecular weight is 433 g/mol. The highest BCUT2D eigenvalue weighted by Gasteiger charge is 2.47. The molecule has 10 heteroatoms. The summed E-state index contributed by atoms with van der Waals surface area (Å²) in [6.07, 6.45) is -0.770. The van der Waals surface area contributed by atoms with E-state index in [-0.39, 0.29) is 0 Å². The van der Waals surface area contributed by atoms with E-state index >= 15 is 0 Å². The number of hydrogen-bond acceptors (Lipinski definition) is 6. The van der Waals surface area contributed by atoms with Gasteiger partial charge in [0.05, 0.1) is 0 Å². The molecule has 22 heavy (non-hydrogen) atoms. The fraction of sp³-hybridized carbons (Fsp3) is 0.833. The number of ether oxygens (including phenoxy) is 1. The van der Waals surface area contributed by atoms with Gasteiger partial charge in [-0.3, -0.25) is 14.2 Å². The highest BCUT2D eigenvalue weighted by molar-refractivity contribution is 9.10. The molecular formula is C12H26BrO6PSi2. The molecule has 0 amide bonds. The molecule has 0 rings (SSSR count). The maximum Gasteiger partial charge on any atom is 0.378 e. The number of alkyl halides is 1. The van der Waals surface area contributed by atoms with Crippen LogP contribution in [0.3, 0.4) is 0 Å². The summed E-state index contributed by atoms with van der Waals surface area (Å²) >= 11 is 3.16. The van der Waals surface area contributed by atoms with Gasteiger partial charge in [-0.15, -0.1) is 0 Å². The van der Waals surface area contributed by atoms with Crippen LogP contribution in [0.15, 0.2) is 0 Å². The molecular weight excluding hydrogens is 407 g/mol. The predicted octanol–water partition coefficient (Wildman–Crippen LogP) is 4.12. The Labute approximate surface area is 143 Å². The quantitative estimate of drug-likeness (QED) is 0.248. The lowest BCUT2D eigenvalue weighted by Crippen LogP contribution is -2.37. The Morgan fingerprint density at radius 3 is 1.64 bits per heavy atom. The largest absolute Gasteiger partial charge is 0.461 e. The smallest absolute Gasteiger partial charge is 0.378 e. The highest BCUT2D eigenvalue weighted by atomic mass is 79.9. The van der Waals surface area contributed by atoms with Crippen molar-refractivity contribution >= 4 is 51.7 Å². The van der Waals surface area contributed by atoms with Crippen molar-refractivity contribution in [2.45, 2.75) is 64.1 Å². The van der Waals surface area contributed by atoms with Crippen LogP contribution in [0.2, 0.25) is 39.3 Å².